The summed E-state index contributed by atoms with van der Waals surface area (Å²) in [6, 6.07) is 5.45. The summed E-state index contributed by atoms with van der Waals surface area (Å²) in [6.07, 6.45) is -0.701. The van der Waals surface area contributed by atoms with E-state index in [9.17, 15) is 9.90 Å². The Morgan fingerprint density at radius 3 is 2.67 bits per heavy atom. The molecule has 6 heteroatoms. The Morgan fingerprint density at radius 1 is 1.28 bits per heavy atom. The summed E-state index contributed by atoms with van der Waals surface area (Å²) < 4.78 is 0.768. The molecule has 0 saturated carbocycles. The minimum Gasteiger partial charge on any atom is -0.384 e. The van der Waals surface area contributed by atoms with E-state index in [-0.39, 0.29) is 5.69 Å². The SMILES string of the molecule is O=c1[nH]c2cc(Br)c(C(O)c3ccsc3)cc2[nH]1. The van der Waals surface area contributed by atoms with Crippen molar-refractivity contribution in [2.75, 3.05) is 0 Å². The number of hydrogen-bond donors (Lipinski definition) is 3. The zero-order valence-corrected chi connectivity index (χ0v) is 11.5. The second-order valence-electron chi connectivity index (χ2n) is 3.96. The van der Waals surface area contributed by atoms with Crippen LogP contribution in [0.4, 0.5) is 0 Å². The fourth-order valence-electron chi connectivity index (χ4n) is 1.89. The fraction of sp³-hybridized carbons (Fsp3) is 0.0833. The minimum atomic E-state index is -0.701. The molecule has 1 aromatic carbocycles. The summed E-state index contributed by atoms with van der Waals surface area (Å²) in [7, 11) is 0. The molecule has 2 aromatic heterocycles. The van der Waals surface area contributed by atoms with Crippen LogP contribution in [0.25, 0.3) is 11.0 Å². The van der Waals surface area contributed by atoms with Gasteiger partial charge in [0.1, 0.15) is 6.10 Å². The third-order valence-electron chi connectivity index (χ3n) is 2.79. The van der Waals surface area contributed by atoms with Crippen LogP contribution in [0, 0.1) is 0 Å². The molecule has 3 N–H and O–H groups in total. The predicted molar refractivity (Wildman–Crippen MR) is 75.0 cm³/mol. The Morgan fingerprint density at radius 2 is 2.00 bits per heavy atom. The summed E-state index contributed by atoms with van der Waals surface area (Å²) in [4.78, 5) is 16.6. The molecular formula is C12H9BrN2O2S. The molecule has 0 aliphatic heterocycles. The molecule has 4 nitrogen and oxygen atoms in total. The maximum atomic E-state index is 11.2. The van der Waals surface area contributed by atoms with E-state index in [0.29, 0.717) is 11.0 Å². The van der Waals surface area contributed by atoms with Crippen LogP contribution in [0.5, 0.6) is 0 Å². The molecule has 0 saturated heterocycles. The molecule has 0 aliphatic carbocycles. The molecular weight excluding hydrogens is 316 g/mol. The van der Waals surface area contributed by atoms with Gasteiger partial charge in [0.15, 0.2) is 0 Å². The van der Waals surface area contributed by atoms with E-state index in [1.165, 1.54) is 11.3 Å². The number of hydrogen-bond acceptors (Lipinski definition) is 3. The van der Waals surface area contributed by atoms with Crippen molar-refractivity contribution in [2.45, 2.75) is 6.10 Å². The highest BCUT2D eigenvalue weighted by molar-refractivity contribution is 9.10. The second-order valence-corrected chi connectivity index (χ2v) is 5.59. The molecule has 1 atom stereocenters. The Kier molecular flexibility index (Phi) is 2.85. The Labute approximate surface area is 114 Å². The van der Waals surface area contributed by atoms with Crippen molar-refractivity contribution < 1.29 is 5.11 Å². The Bertz CT molecular complexity index is 745. The molecule has 0 spiro atoms. The van der Waals surface area contributed by atoms with E-state index in [2.05, 4.69) is 25.9 Å². The normalized spacial score (nSPS) is 13.0. The van der Waals surface area contributed by atoms with E-state index in [0.717, 1.165) is 15.6 Å². The average Bonchev–Trinajstić information content (AvgIpc) is 2.94. The highest BCUT2D eigenvalue weighted by Gasteiger charge is 2.15. The van der Waals surface area contributed by atoms with Crippen LogP contribution < -0.4 is 5.69 Å². The third-order valence-corrected chi connectivity index (χ3v) is 4.17. The third kappa shape index (κ3) is 1.92. The van der Waals surface area contributed by atoms with Crippen LogP contribution in [0.2, 0.25) is 0 Å². The lowest BCUT2D eigenvalue weighted by Crippen LogP contribution is -1.99. The number of benzene rings is 1. The molecule has 0 aliphatic rings. The van der Waals surface area contributed by atoms with Crippen molar-refractivity contribution in [1.82, 2.24) is 9.97 Å². The van der Waals surface area contributed by atoms with Crippen molar-refractivity contribution in [2.24, 2.45) is 0 Å². The molecule has 0 radical (unpaired) electrons. The topological polar surface area (TPSA) is 68.9 Å². The zero-order chi connectivity index (χ0) is 12.7. The van der Waals surface area contributed by atoms with Crippen molar-refractivity contribution >= 4 is 38.3 Å². The van der Waals surface area contributed by atoms with E-state index in [1.807, 2.05) is 16.8 Å². The lowest BCUT2D eigenvalue weighted by atomic mass is 10.0. The standard InChI is InChI=1S/C12H9BrN2O2S/c13-8-4-10-9(14-12(17)15-10)3-7(8)11(16)6-1-2-18-5-6/h1-5,11,16H,(H2,14,15,17). The van der Waals surface area contributed by atoms with Gasteiger partial charge in [-0.3, -0.25) is 0 Å². The number of imidazole rings is 1. The van der Waals surface area contributed by atoms with Crippen LogP contribution in [0.3, 0.4) is 0 Å². The highest BCUT2D eigenvalue weighted by Crippen LogP contribution is 2.31. The van der Waals surface area contributed by atoms with Crippen molar-refractivity contribution in [3.8, 4) is 0 Å². The predicted octanol–water partition coefficient (Wildman–Crippen LogP) is 2.76. The molecule has 0 amide bonds. The number of rotatable bonds is 2. The molecule has 0 fully saturated rings. The van der Waals surface area contributed by atoms with Crippen LogP contribution in [-0.4, -0.2) is 15.1 Å². The largest absolute Gasteiger partial charge is 0.384 e. The lowest BCUT2D eigenvalue weighted by Gasteiger charge is -2.11. The summed E-state index contributed by atoms with van der Waals surface area (Å²) in [5.41, 5.74) is 2.73. The zero-order valence-electron chi connectivity index (χ0n) is 9.11. The van der Waals surface area contributed by atoms with Gasteiger partial charge in [0.05, 0.1) is 11.0 Å². The molecule has 1 unspecified atom stereocenters. The monoisotopic (exact) mass is 324 g/mol. The van der Waals surface area contributed by atoms with E-state index in [4.69, 9.17) is 0 Å². The van der Waals surface area contributed by atoms with E-state index in [1.54, 1.807) is 12.1 Å². The maximum Gasteiger partial charge on any atom is 0.323 e. The lowest BCUT2D eigenvalue weighted by molar-refractivity contribution is 0.220. The van der Waals surface area contributed by atoms with Crippen molar-refractivity contribution in [1.29, 1.82) is 0 Å². The first-order valence-electron chi connectivity index (χ1n) is 5.27. The molecule has 3 aromatic rings. The molecule has 92 valence electrons. The molecule has 2 heterocycles. The number of aromatic nitrogens is 2. The number of H-pyrrole nitrogens is 2. The summed E-state index contributed by atoms with van der Waals surface area (Å²) in [6.45, 7) is 0. The van der Waals surface area contributed by atoms with Crippen molar-refractivity contribution in [3.05, 3.63) is 55.0 Å². The molecule has 3 rings (SSSR count). The summed E-state index contributed by atoms with van der Waals surface area (Å²) in [5, 5.41) is 14.1. The number of thiophene rings is 1. The number of aliphatic hydroxyl groups is 1. The quantitative estimate of drug-likeness (QED) is 0.678. The fourth-order valence-corrected chi connectivity index (χ4v) is 3.13. The average molecular weight is 325 g/mol. The minimum absolute atomic E-state index is 0.251. The van der Waals surface area contributed by atoms with Gasteiger partial charge in [-0.05, 0) is 34.5 Å². The number of nitrogens with one attached hydrogen (secondary N) is 2. The molecule has 0 bridgehead atoms. The summed E-state index contributed by atoms with van der Waals surface area (Å²) >= 11 is 4.96. The van der Waals surface area contributed by atoms with Gasteiger partial charge in [-0.2, -0.15) is 11.3 Å². The second kappa shape index (κ2) is 4.38. The molecule has 18 heavy (non-hydrogen) atoms. The maximum absolute atomic E-state index is 11.2. The van der Waals surface area contributed by atoms with Crippen LogP contribution in [0.1, 0.15) is 17.2 Å². The van der Waals surface area contributed by atoms with Gasteiger partial charge in [-0.1, -0.05) is 15.9 Å². The van der Waals surface area contributed by atoms with Crippen molar-refractivity contribution in [3.63, 3.8) is 0 Å². The van der Waals surface area contributed by atoms with Crippen LogP contribution in [0.15, 0.2) is 38.2 Å². The first-order chi connectivity index (χ1) is 8.65. The van der Waals surface area contributed by atoms with Gasteiger partial charge >= 0.3 is 5.69 Å². The number of halogens is 1. The van der Waals surface area contributed by atoms with E-state index < -0.39 is 6.10 Å². The Balaban J connectivity index is 2.16. The van der Waals surface area contributed by atoms with Crippen LogP contribution in [-0.2, 0) is 0 Å². The first kappa shape index (κ1) is 11.7. The Hall–Kier alpha value is -1.37. The first-order valence-corrected chi connectivity index (χ1v) is 7.00. The van der Waals surface area contributed by atoms with Gasteiger partial charge < -0.3 is 15.1 Å². The number of fused-ring (bicyclic) bond motifs is 1. The smallest absolute Gasteiger partial charge is 0.323 e. The van der Waals surface area contributed by atoms with Gasteiger partial charge in [0, 0.05) is 10.0 Å². The highest BCUT2D eigenvalue weighted by atomic mass is 79.9. The van der Waals surface area contributed by atoms with E-state index >= 15 is 0 Å². The summed E-state index contributed by atoms with van der Waals surface area (Å²) in [5.74, 6) is 0. The number of aromatic amines is 2. The van der Waals surface area contributed by atoms with Gasteiger partial charge in [0.2, 0.25) is 0 Å². The van der Waals surface area contributed by atoms with Gasteiger partial charge in [-0.15, -0.1) is 0 Å². The van der Waals surface area contributed by atoms with Crippen LogP contribution >= 0.6 is 27.3 Å². The van der Waals surface area contributed by atoms with Gasteiger partial charge in [0.25, 0.3) is 0 Å². The van der Waals surface area contributed by atoms with Gasteiger partial charge in [-0.25, -0.2) is 4.79 Å². The number of aliphatic hydroxyl groups excluding tert-OH is 1.